The Morgan fingerprint density at radius 3 is 2.21 bits per heavy atom. The molecule has 2 rings (SSSR count). The molecule has 2 atom stereocenters. The molecular formula is C13H21N. The van der Waals surface area contributed by atoms with Crippen LogP contribution in [0.25, 0.3) is 0 Å². The summed E-state index contributed by atoms with van der Waals surface area (Å²) in [5, 5.41) is 3.57. The molecule has 1 nitrogen and oxygen atoms in total. The minimum Gasteiger partial charge on any atom is -0.307 e. The van der Waals surface area contributed by atoms with Gasteiger partial charge in [0.15, 0.2) is 0 Å². The number of nitrogens with one attached hydrogen (secondary N) is 1. The first-order valence-electron chi connectivity index (χ1n) is 5.67. The zero-order chi connectivity index (χ0) is 10.4. The summed E-state index contributed by atoms with van der Waals surface area (Å²) in [7, 11) is 0. The van der Waals surface area contributed by atoms with E-state index in [2.05, 4.69) is 42.6 Å². The second-order valence-corrected chi connectivity index (χ2v) is 3.61. The highest BCUT2D eigenvalue weighted by Gasteiger charge is 2.20. The van der Waals surface area contributed by atoms with Crippen molar-refractivity contribution in [2.75, 3.05) is 0 Å². The molecule has 1 N–H and O–H groups in total. The van der Waals surface area contributed by atoms with E-state index in [-0.39, 0.29) is 0 Å². The first-order valence-corrected chi connectivity index (χ1v) is 5.67. The SMILES string of the molecule is CC.CC1CCC(c2ccccc2)N1. The molecule has 2 unspecified atom stereocenters. The van der Waals surface area contributed by atoms with E-state index >= 15 is 0 Å². The van der Waals surface area contributed by atoms with Gasteiger partial charge in [0, 0.05) is 12.1 Å². The van der Waals surface area contributed by atoms with Crippen molar-refractivity contribution in [3.05, 3.63) is 35.9 Å². The van der Waals surface area contributed by atoms with Crippen molar-refractivity contribution in [2.24, 2.45) is 0 Å². The number of rotatable bonds is 1. The fourth-order valence-corrected chi connectivity index (χ4v) is 1.88. The fraction of sp³-hybridized carbons (Fsp3) is 0.538. The molecule has 0 radical (unpaired) electrons. The third-order valence-corrected chi connectivity index (χ3v) is 2.58. The van der Waals surface area contributed by atoms with Crippen molar-refractivity contribution in [2.45, 2.75) is 45.7 Å². The molecule has 1 heterocycles. The summed E-state index contributed by atoms with van der Waals surface area (Å²) in [6.07, 6.45) is 2.59. The zero-order valence-corrected chi connectivity index (χ0v) is 9.46. The predicted octanol–water partition coefficient (Wildman–Crippen LogP) is 3.53. The summed E-state index contributed by atoms with van der Waals surface area (Å²) in [5.74, 6) is 0. The third-order valence-electron chi connectivity index (χ3n) is 2.58. The highest BCUT2D eigenvalue weighted by Crippen LogP contribution is 2.25. The molecule has 14 heavy (non-hydrogen) atoms. The highest BCUT2D eigenvalue weighted by molar-refractivity contribution is 5.19. The second-order valence-electron chi connectivity index (χ2n) is 3.61. The van der Waals surface area contributed by atoms with Gasteiger partial charge in [-0.25, -0.2) is 0 Å². The topological polar surface area (TPSA) is 12.0 Å². The molecule has 1 fully saturated rings. The maximum Gasteiger partial charge on any atom is 0.0323 e. The minimum atomic E-state index is 0.598. The average molecular weight is 191 g/mol. The van der Waals surface area contributed by atoms with Gasteiger partial charge in [0.25, 0.3) is 0 Å². The van der Waals surface area contributed by atoms with Crippen molar-refractivity contribution in [3.63, 3.8) is 0 Å². The van der Waals surface area contributed by atoms with Crippen molar-refractivity contribution in [1.82, 2.24) is 5.32 Å². The van der Waals surface area contributed by atoms with E-state index in [1.807, 2.05) is 13.8 Å². The lowest BCUT2D eigenvalue weighted by Gasteiger charge is -2.11. The van der Waals surface area contributed by atoms with Crippen LogP contribution < -0.4 is 5.32 Å². The summed E-state index contributed by atoms with van der Waals surface area (Å²) < 4.78 is 0. The van der Waals surface area contributed by atoms with Gasteiger partial charge < -0.3 is 5.32 Å². The third kappa shape index (κ3) is 2.85. The van der Waals surface area contributed by atoms with E-state index < -0.39 is 0 Å². The van der Waals surface area contributed by atoms with Crippen LogP contribution in [0.2, 0.25) is 0 Å². The molecule has 1 saturated heterocycles. The van der Waals surface area contributed by atoms with E-state index in [4.69, 9.17) is 0 Å². The molecule has 0 aromatic heterocycles. The Hall–Kier alpha value is -0.820. The highest BCUT2D eigenvalue weighted by atomic mass is 15.0. The van der Waals surface area contributed by atoms with Crippen molar-refractivity contribution in [3.8, 4) is 0 Å². The fourth-order valence-electron chi connectivity index (χ4n) is 1.88. The van der Waals surface area contributed by atoms with Gasteiger partial charge in [-0.05, 0) is 25.3 Å². The van der Waals surface area contributed by atoms with Gasteiger partial charge >= 0.3 is 0 Å². The Labute approximate surface area is 87.5 Å². The van der Waals surface area contributed by atoms with Crippen LogP contribution in [0.1, 0.15) is 45.2 Å². The summed E-state index contributed by atoms with van der Waals surface area (Å²) in [6, 6.07) is 12.0. The largest absolute Gasteiger partial charge is 0.307 e. The van der Waals surface area contributed by atoms with Gasteiger partial charge in [0.2, 0.25) is 0 Å². The van der Waals surface area contributed by atoms with E-state index in [0.717, 1.165) is 0 Å². The van der Waals surface area contributed by atoms with Crippen LogP contribution in [0.5, 0.6) is 0 Å². The molecule has 1 aromatic carbocycles. The van der Waals surface area contributed by atoms with Crippen LogP contribution in [0.15, 0.2) is 30.3 Å². The lowest BCUT2D eigenvalue weighted by molar-refractivity contribution is 0.585. The van der Waals surface area contributed by atoms with Gasteiger partial charge in [0.05, 0.1) is 0 Å². The zero-order valence-electron chi connectivity index (χ0n) is 9.46. The Morgan fingerprint density at radius 2 is 1.71 bits per heavy atom. The second kappa shape index (κ2) is 5.82. The number of hydrogen-bond acceptors (Lipinski definition) is 1. The predicted molar refractivity (Wildman–Crippen MR) is 62.4 cm³/mol. The van der Waals surface area contributed by atoms with E-state index in [1.54, 1.807) is 0 Å². The molecule has 0 bridgehead atoms. The molecule has 0 amide bonds. The average Bonchev–Trinajstić information content (AvgIpc) is 2.69. The normalized spacial score (nSPS) is 25.4. The van der Waals surface area contributed by atoms with Crippen molar-refractivity contribution >= 4 is 0 Å². The van der Waals surface area contributed by atoms with E-state index in [9.17, 15) is 0 Å². The van der Waals surface area contributed by atoms with Gasteiger partial charge in [-0.1, -0.05) is 44.2 Å². The van der Waals surface area contributed by atoms with Gasteiger partial charge in [-0.3, -0.25) is 0 Å². The lowest BCUT2D eigenvalue weighted by atomic mass is 10.1. The first-order chi connectivity index (χ1) is 6.86. The van der Waals surface area contributed by atoms with Crippen LogP contribution in [-0.4, -0.2) is 6.04 Å². The number of benzene rings is 1. The van der Waals surface area contributed by atoms with Crippen LogP contribution in [0.3, 0.4) is 0 Å². The Bertz CT molecular complexity index is 243. The first kappa shape index (κ1) is 11.3. The van der Waals surface area contributed by atoms with Gasteiger partial charge in [0.1, 0.15) is 0 Å². The van der Waals surface area contributed by atoms with Crippen LogP contribution in [-0.2, 0) is 0 Å². The summed E-state index contributed by atoms with van der Waals surface area (Å²) >= 11 is 0. The molecule has 0 saturated carbocycles. The molecule has 78 valence electrons. The quantitative estimate of drug-likeness (QED) is 0.716. The molecular weight excluding hydrogens is 170 g/mol. The summed E-state index contributed by atoms with van der Waals surface area (Å²) in [4.78, 5) is 0. The molecule has 1 aliphatic rings. The smallest absolute Gasteiger partial charge is 0.0323 e. The van der Waals surface area contributed by atoms with Crippen LogP contribution >= 0.6 is 0 Å². The minimum absolute atomic E-state index is 0.598. The lowest BCUT2D eigenvalue weighted by Crippen LogP contribution is -2.20. The standard InChI is InChI=1S/C11H15N.C2H6/c1-9-7-8-11(12-9)10-5-3-2-4-6-10;1-2/h2-6,9,11-12H,7-8H2,1H3;1-2H3. The van der Waals surface area contributed by atoms with E-state index in [0.29, 0.717) is 12.1 Å². The van der Waals surface area contributed by atoms with Crippen LogP contribution in [0, 0.1) is 0 Å². The Balaban J connectivity index is 0.000000461. The Kier molecular flexibility index (Phi) is 4.68. The van der Waals surface area contributed by atoms with Gasteiger partial charge in [-0.15, -0.1) is 0 Å². The molecule has 1 aliphatic heterocycles. The molecule has 1 aromatic rings. The Morgan fingerprint density at radius 1 is 1.07 bits per heavy atom. The number of hydrogen-bond donors (Lipinski definition) is 1. The maximum absolute atomic E-state index is 3.57. The molecule has 1 heteroatoms. The van der Waals surface area contributed by atoms with Gasteiger partial charge in [-0.2, -0.15) is 0 Å². The molecule has 0 spiro atoms. The monoisotopic (exact) mass is 191 g/mol. The van der Waals surface area contributed by atoms with Crippen molar-refractivity contribution < 1.29 is 0 Å². The summed E-state index contributed by atoms with van der Waals surface area (Å²) in [5.41, 5.74) is 1.43. The molecule has 0 aliphatic carbocycles. The summed E-state index contributed by atoms with van der Waals surface area (Å²) in [6.45, 7) is 6.25. The van der Waals surface area contributed by atoms with Crippen LogP contribution in [0.4, 0.5) is 0 Å². The van der Waals surface area contributed by atoms with Crippen molar-refractivity contribution in [1.29, 1.82) is 0 Å². The maximum atomic E-state index is 3.57. The van der Waals surface area contributed by atoms with E-state index in [1.165, 1.54) is 18.4 Å².